The van der Waals surface area contributed by atoms with E-state index in [0.717, 1.165) is 17.2 Å². The fourth-order valence-electron chi connectivity index (χ4n) is 2.20. The van der Waals surface area contributed by atoms with E-state index in [2.05, 4.69) is 49.4 Å². The third-order valence-corrected chi connectivity index (χ3v) is 3.26. The summed E-state index contributed by atoms with van der Waals surface area (Å²) in [4.78, 5) is 0. The first-order chi connectivity index (χ1) is 8.80. The number of aromatic nitrogens is 2. The van der Waals surface area contributed by atoms with E-state index in [1.54, 1.807) is 4.68 Å². The quantitative estimate of drug-likeness (QED) is 0.868. The van der Waals surface area contributed by atoms with Crippen LogP contribution >= 0.6 is 0 Å². The lowest BCUT2D eigenvalue weighted by Crippen LogP contribution is -2.14. The van der Waals surface area contributed by atoms with Crippen molar-refractivity contribution in [1.29, 1.82) is 0 Å². The van der Waals surface area contributed by atoms with E-state index in [0.29, 0.717) is 5.69 Å². The Balaban J connectivity index is 2.45. The molecule has 0 aliphatic heterocycles. The first-order valence-corrected chi connectivity index (χ1v) is 6.46. The van der Waals surface area contributed by atoms with Crippen LogP contribution in [0.5, 0.6) is 0 Å². The molecule has 2 rings (SSSR count). The molecule has 0 spiro atoms. The summed E-state index contributed by atoms with van der Waals surface area (Å²) in [7, 11) is 1.89. The number of hydrogen-bond donors (Lipinski definition) is 2. The normalized spacial score (nSPS) is 11.6. The molecule has 0 aliphatic rings. The molecule has 4 heteroatoms. The minimum Gasteiger partial charge on any atom is -0.394 e. The van der Waals surface area contributed by atoms with Crippen LogP contribution in [0.2, 0.25) is 0 Å². The van der Waals surface area contributed by atoms with E-state index in [-0.39, 0.29) is 5.41 Å². The van der Waals surface area contributed by atoms with Gasteiger partial charge in [0.25, 0.3) is 0 Å². The fraction of sp³-hybridized carbons (Fsp3) is 0.400. The van der Waals surface area contributed by atoms with Crippen LogP contribution in [0.3, 0.4) is 0 Å². The summed E-state index contributed by atoms with van der Waals surface area (Å²) >= 11 is 0. The molecule has 0 atom stereocenters. The van der Waals surface area contributed by atoms with Crippen molar-refractivity contribution in [3.8, 4) is 0 Å². The Hall–Kier alpha value is -1.97. The van der Waals surface area contributed by atoms with Crippen LogP contribution in [0, 0.1) is 6.92 Å². The minimum absolute atomic E-state index is 0.0754. The number of nitrogen functional groups attached to an aromatic ring is 1. The predicted octanol–water partition coefficient (Wildman–Crippen LogP) is 3.35. The Morgan fingerprint density at radius 1 is 1.21 bits per heavy atom. The maximum atomic E-state index is 6.06. The fourth-order valence-corrected chi connectivity index (χ4v) is 2.20. The number of para-hydroxylation sites is 1. The van der Waals surface area contributed by atoms with Crippen LogP contribution in [-0.4, -0.2) is 9.78 Å². The minimum atomic E-state index is 0.0754. The van der Waals surface area contributed by atoms with Gasteiger partial charge in [-0.15, -0.1) is 0 Å². The molecular formula is C15H22N4. The molecule has 0 saturated carbocycles. The van der Waals surface area contributed by atoms with Gasteiger partial charge in [-0.2, -0.15) is 5.10 Å². The molecule has 0 bridgehead atoms. The Bertz CT molecular complexity index is 591. The van der Waals surface area contributed by atoms with Gasteiger partial charge in [0, 0.05) is 12.7 Å². The summed E-state index contributed by atoms with van der Waals surface area (Å²) in [6, 6.07) is 8.30. The maximum Gasteiger partial charge on any atom is 0.152 e. The standard InChI is InChI=1S/C15H22N4/c1-10-13(16)14(19(5)18-10)17-12-9-7-6-8-11(12)15(2,3)4/h6-9,17H,16H2,1-5H3. The second-order valence-electron chi connectivity index (χ2n) is 5.89. The molecule has 102 valence electrons. The number of hydrogen-bond acceptors (Lipinski definition) is 3. The van der Waals surface area contributed by atoms with Gasteiger partial charge < -0.3 is 11.1 Å². The lowest BCUT2D eigenvalue weighted by Gasteiger charge is -2.23. The summed E-state index contributed by atoms with van der Waals surface area (Å²) in [6.07, 6.45) is 0. The van der Waals surface area contributed by atoms with Crippen molar-refractivity contribution in [3.05, 3.63) is 35.5 Å². The van der Waals surface area contributed by atoms with Gasteiger partial charge in [0.15, 0.2) is 5.82 Å². The molecule has 0 unspecified atom stereocenters. The molecule has 2 aromatic rings. The molecule has 1 heterocycles. The highest BCUT2D eigenvalue weighted by Crippen LogP contribution is 2.33. The van der Waals surface area contributed by atoms with Crippen LogP contribution in [0.15, 0.2) is 24.3 Å². The summed E-state index contributed by atoms with van der Waals surface area (Å²) < 4.78 is 1.78. The number of nitrogens with two attached hydrogens (primary N) is 1. The van der Waals surface area contributed by atoms with E-state index >= 15 is 0 Å². The number of nitrogens with zero attached hydrogens (tertiary/aromatic N) is 2. The van der Waals surface area contributed by atoms with Crippen molar-refractivity contribution in [2.75, 3.05) is 11.1 Å². The Labute approximate surface area is 114 Å². The van der Waals surface area contributed by atoms with Crippen LogP contribution < -0.4 is 11.1 Å². The van der Waals surface area contributed by atoms with E-state index in [1.165, 1.54) is 5.56 Å². The van der Waals surface area contributed by atoms with Crippen molar-refractivity contribution in [2.24, 2.45) is 7.05 Å². The Kier molecular flexibility index (Phi) is 3.27. The largest absolute Gasteiger partial charge is 0.394 e. The van der Waals surface area contributed by atoms with E-state index < -0.39 is 0 Å². The molecule has 1 aromatic carbocycles. The smallest absolute Gasteiger partial charge is 0.152 e. The molecule has 3 N–H and O–H groups in total. The topological polar surface area (TPSA) is 55.9 Å². The van der Waals surface area contributed by atoms with Crippen molar-refractivity contribution in [1.82, 2.24) is 9.78 Å². The van der Waals surface area contributed by atoms with Gasteiger partial charge in [-0.3, -0.25) is 4.68 Å². The second kappa shape index (κ2) is 4.61. The average molecular weight is 258 g/mol. The molecule has 1 aromatic heterocycles. The van der Waals surface area contributed by atoms with Crippen LogP contribution in [0.25, 0.3) is 0 Å². The van der Waals surface area contributed by atoms with Gasteiger partial charge in [0.05, 0.1) is 11.4 Å². The highest BCUT2D eigenvalue weighted by atomic mass is 15.3. The molecule has 0 radical (unpaired) electrons. The summed E-state index contributed by atoms with van der Waals surface area (Å²) in [6.45, 7) is 8.51. The van der Waals surface area contributed by atoms with E-state index in [4.69, 9.17) is 5.73 Å². The van der Waals surface area contributed by atoms with Crippen molar-refractivity contribution < 1.29 is 0 Å². The number of anilines is 3. The zero-order chi connectivity index (χ0) is 14.2. The van der Waals surface area contributed by atoms with E-state index in [9.17, 15) is 0 Å². The first-order valence-electron chi connectivity index (χ1n) is 6.46. The van der Waals surface area contributed by atoms with Gasteiger partial charge in [0.2, 0.25) is 0 Å². The molecule has 0 amide bonds. The Morgan fingerprint density at radius 3 is 2.37 bits per heavy atom. The third kappa shape index (κ3) is 2.57. The van der Waals surface area contributed by atoms with Crippen LogP contribution in [-0.2, 0) is 12.5 Å². The lowest BCUT2D eigenvalue weighted by atomic mass is 9.86. The number of nitrogens with one attached hydrogen (secondary N) is 1. The number of aryl methyl sites for hydroxylation is 2. The number of benzene rings is 1. The van der Waals surface area contributed by atoms with Gasteiger partial charge in [0.1, 0.15) is 0 Å². The first kappa shape index (κ1) is 13.5. The van der Waals surface area contributed by atoms with Crippen molar-refractivity contribution >= 4 is 17.2 Å². The predicted molar refractivity (Wildman–Crippen MR) is 80.8 cm³/mol. The number of rotatable bonds is 2. The monoisotopic (exact) mass is 258 g/mol. The van der Waals surface area contributed by atoms with Crippen molar-refractivity contribution in [3.63, 3.8) is 0 Å². The molecule has 0 fully saturated rings. The van der Waals surface area contributed by atoms with Gasteiger partial charge in [-0.25, -0.2) is 0 Å². The highest BCUT2D eigenvalue weighted by molar-refractivity contribution is 5.73. The average Bonchev–Trinajstić information content (AvgIpc) is 2.55. The molecule has 4 nitrogen and oxygen atoms in total. The van der Waals surface area contributed by atoms with Gasteiger partial charge >= 0.3 is 0 Å². The summed E-state index contributed by atoms with van der Waals surface area (Å²) in [5, 5.41) is 7.74. The molecule has 0 aliphatic carbocycles. The second-order valence-corrected chi connectivity index (χ2v) is 5.89. The molecule has 19 heavy (non-hydrogen) atoms. The summed E-state index contributed by atoms with van der Waals surface area (Å²) in [5.74, 6) is 0.842. The Morgan fingerprint density at radius 2 is 1.84 bits per heavy atom. The maximum absolute atomic E-state index is 6.06. The zero-order valence-electron chi connectivity index (χ0n) is 12.3. The highest BCUT2D eigenvalue weighted by Gasteiger charge is 2.19. The van der Waals surface area contributed by atoms with Crippen LogP contribution in [0.1, 0.15) is 32.0 Å². The molecular weight excluding hydrogens is 236 g/mol. The summed E-state index contributed by atoms with van der Waals surface area (Å²) in [5.41, 5.74) is 10.0. The lowest BCUT2D eigenvalue weighted by molar-refractivity contribution is 0.592. The zero-order valence-corrected chi connectivity index (χ0v) is 12.3. The third-order valence-electron chi connectivity index (χ3n) is 3.26. The SMILES string of the molecule is Cc1nn(C)c(Nc2ccccc2C(C)(C)C)c1N. The van der Waals surface area contributed by atoms with E-state index in [1.807, 2.05) is 20.0 Å². The van der Waals surface area contributed by atoms with Crippen molar-refractivity contribution in [2.45, 2.75) is 33.1 Å². The van der Waals surface area contributed by atoms with Gasteiger partial charge in [-0.1, -0.05) is 39.0 Å². The molecule has 0 saturated heterocycles. The van der Waals surface area contributed by atoms with Crippen LogP contribution in [0.4, 0.5) is 17.2 Å². The van der Waals surface area contributed by atoms with Gasteiger partial charge in [-0.05, 0) is 24.0 Å².